The maximum atomic E-state index is 15.8. The Morgan fingerprint density at radius 1 is 0.980 bits per heavy atom. The van der Waals surface area contributed by atoms with Gasteiger partial charge in [0, 0.05) is 18.1 Å². The van der Waals surface area contributed by atoms with E-state index >= 15 is 8.78 Å². The number of nitrogens with one attached hydrogen (secondary N) is 2. The first-order chi connectivity index (χ1) is 23.5. The van der Waals surface area contributed by atoms with Crippen molar-refractivity contribution in [3.05, 3.63) is 95.5 Å². The van der Waals surface area contributed by atoms with Crippen LogP contribution in [-0.4, -0.2) is 56.7 Å². The molecule has 11 nitrogen and oxygen atoms in total. The van der Waals surface area contributed by atoms with Crippen molar-refractivity contribution >= 4 is 66.6 Å². The number of hydrogen-bond acceptors (Lipinski definition) is 9. The second-order valence-corrected chi connectivity index (χ2v) is 14.0. The summed E-state index contributed by atoms with van der Waals surface area (Å²) in [7, 11) is -4.28. The van der Waals surface area contributed by atoms with Crippen LogP contribution in [0.3, 0.4) is 0 Å². The SMILES string of the molecule is CCC1(O)CCN(c2cccc3c2ncn3-c2ccc3ncnc(Nc4c(F)ccc(NS(=O)(=O)c5cccc(Cl)c5C)c4F)c3n2)CC1. The van der Waals surface area contributed by atoms with Crippen molar-refractivity contribution in [1.29, 1.82) is 0 Å². The number of imidazole rings is 1. The highest BCUT2D eigenvalue weighted by Crippen LogP contribution is 2.35. The summed E-state index contributed by atoms with van der Waals surface area (Å²) in [5.74, 6) is -1.71. The molecular weight excluding hydrogens is 674 g/mol. The number of halogens is 3. The van der Waals surface area contributed by atoms with Gasteiger partial charge in [-0.05, 0) is 80.3 Å². The summed E-state index contributed by atoms with van der Waals surface area (Å²) in [6, 6.07) is 15.6. The fourth-order valence-electron chi connectivity index (χ4n) is 6.08. The molecule has 6 aromatic rings. The summed E-state index contributed by atoms with van der Waals surface area (Å²) in [5, 5.41) is 13.6. The van der Waals surface area contributed by atoms with E-state index in [0.29, 0.717) is 43.7 Å². The Morgan fingerprint density at radius 2 is 1.76 bits per heavy atom. The molecule has 7 rings (SSSR count). The summed E-state index contributed by atoms with van der Waals surface area (Å²) >= 11 is 6.10. The van der Waals surface area contributed by atoms with E-state index in [1.807, 2.05) is 25.1 Å². The Hall–Kier alpha value is -4.92. The molecule has 3 aromatic carbocycles. The van der Waals surface area contributed by atoms with Crippen LogP contribution in [0.5, 0.6) is 0 Å². The number of para-hydroxylation sites is 1. The quantitative estimate of drug-likeness (QED) is 0.155. The number of aliphatic hydroxyl groups is 1. The molecule has 0 spiro atoms. The predicted octanol–water partition coefficient (Wildman–Crippen LogP) is 6.89. The van der Waals surface area contributed by atoms with Crippen LogP contribution >= 0.6 is 11.6 Å². The second-order valence-electron chi connectivity index (χ2n) is 12.0. The molecule has 0 unspecified atom stereocenters. The summed E-state index contributed by atoms with van der Waals surface area (Å²) in [4.78, 5) is 20.0. The molecule has 3 aromatic heterocycles. The number of anilines is 4. The molecule has 4 heterocycles. The monoisotopic (exact) mass is 704 g/mol. The lowest BCUT2D eigenvalue weighted by Crippen LogP contribution is -2.44. The zero-order chi connectivity index (χ0) is 34.5. The Kier molecular flexibility index (Phi) is 8.33. The molecule has 0 radical (unpaired) electrons. The van der Waals surface area contributed by atoms with Crippen molar-refractivity contribution in [2.24, 2.45) is 0 Å². The molecule has 1 saturated heterocycles. The molecule has 0 aliphatic carbocycles. The zero-order valence-electron chi connectivity index (χ0n) is 26.5. The molecule has 1 fully saturated rings. The molecule has 0 amide bonds. The Morgan fingerprint density at radius 3 is 2.53 bits per heavy atom. The largest absolute Gasteiger partial charge is 0.390 e. The van der Waals surface area contributed by atoms with E-state index in [9.17, 15) is 13.5 Å². The van der Waals surface area contributed by atoms with Gasteiger partial charge in [0.15, 0.2) is 11.6 Å². The topological polar surface area (TPSA) is 138 Å². The van der Waals surface area contributed by atoms with E-state index in [-0.39, 0.29) is 26.8 Å². The van der Waals surface area contributed by atoms with Gasteiger partial charge >= 0.3 is 0 Å². The Labute approximate surface area is 285 Å². The second kappa shape index (κ2) is 12.5. The van der Waals surface area contributed by atoms with Gasteiger partial charge in [-0.2, -0.15) is 0 Å². The van der Waals surface area contributed by atoms with Crippen molar-refractivity contribution in [3.63, 3.8) is 0 Å². The number of hydrogen-bond donors (Lipinski definition) is 3. The smallest absolute Gasteiger partial charge is 0.262 e. The van der Waals surface area contributed by atoms with E-state index in [4.69, 9.17) is 21.6 Å². The van der Waals surface area contributed by atoms with Crippen LogP contribution in [0.4, 0.5) is 31.7 Å². The summed E-state index contributed by atoms with van der Waals surface area (Å²) in [6.07, 6.45) is 4.93. The lowest BCUT2D eigenvalue weighted by molar-refractivity contribution is 0.0126. The van der Waals surface area contributed by atoms with Gasteiger partial charge in [0.25, 0.3) is 10.0 Å². The van der Waals surface area contributed by atoms with Crippen LogP contribution in [-0.2, 0) is 10.0 Å². The number of piperidine rings is 1. The fourth-order valence-corrected chi connectivity index (χ4v) is 7.64. The lowest BCUT2D eigenvalue weighted by Gasteiger charge is -2.38. The number of nitrogens with zero attached hydrogens (tertiary/aromatic N) is 6. The number of benzene rings is 3. The summed E-state index contributed by atoms with van der Waals surface area (Å²) < 4.78 is 61.3. The fraction of sp³-hybridized carbons (Fsp3) is 0.235. The number of rotatable bonds is 8. The molecule has 3 N–H and O–H groups in total. The number of pyridine rings is 1. The average molecular weight is 705 g/mol. The van der Waals surface area contributed by atoms with Gasteiger partial charge in [0.2, 0.25) is 0 Å². The number of sulfonamides is 1. The third kappa shape index (κ3) is 6.00. The lowest BCUT2D eigenvalue weighted by atomic mass is 9.89. The molecule has 49 heavy (non-hydrogen) atoms. The van der Waals surface area contributed by atoms with Crippen molar-refractivity contribution in [2.45, 2.75) is 43.6 Å². The van der Waals surface area contributed by atoms with Gasteiger partial charge in [0.05, 0.1) is 32.9 Å². The first-order valence-electron chi connectivity index (χ1n) is 15.6. The van der Waals surface area contributed by atoms with E-state index in [1.54, 1.807) is 23.0 Å². The van der Waals surface area contributed by atoms with Crippen molar-refractivity contribution in [3.8, 4) is 5.82 Å². The van der Waals surface area contributed by atoms with Gasteiger partial charge in [0.1, 0.15) is 41.0 Å². The van der Waals surface area contributed by atoms with Gasteiger partial charge in [-0.15, -0.1) is 0 Å². The summed E-state index contributed by atoms with van der Waals surface area (Å²) in [5.41, 5.74) is 1.64. The minimum atomic E-state index is -4.28. The average Bonchev–Trinajstić information content (AvgIpc) is 3.54. The molecule has 15 heteroatoms. The van der Waals surface area contributed by atoms with Gasteiger partial charge in [-0.1, -0.05) is 30.7 Å². The van der Waals surface area contributed by atoms with Gasteiger partial charge in [-0.25, -0.2) is 37.1 Å². The van der Waals surface area contributed by atoms with E-state index in [1.165, 1.54) is 31.5 Å². The first-order valence-corrected chi connectivity index (χ1v) is 17.4. The van der Waals surface area contributed by atoms with Crippen LogP contribution < -0.4 is 14.9 Å². The highest BCUT2D eigenvalue weighted by Gasteiger charge is 2.31. The molecule has 0 atom stereocenters. The number of aromatic nitrogens is 5. The van der Waals surface area contributed by atoms with Crippen LogP contribution in [0.25, 0.3) is 27.9 Å². The highest BCUT2D eigenvalue weighted by atomic mass is 35.5. The molecule has 1 aliphatic heterocycles. The van der Waals surface area contributed by atoms with Crippen LogP contribution in [0.15, 0.2) is 78.2 Å². The maximum Gasteiger partial charge on any atom is 0.262 e. The van der Waals surface area contributed by atoms with Gasteiger partial charge < -0.3 is 15.3 Å². The molecule has 1 aliphatic rings. The van der Waals surface area contributed by atoms with Crippen LogP contribution in [0.2, 0.25) is 5.02 Å². The minimum absolute atomic E-state index is 0.00261. The Bertz CT molecular complexity index is 2350. The Balaban J connectivity index is 1.22. The molecule has 0 bridgehead atoms. The first kappa shape index (κ1) is 32.6. The van der Waals surface area contributed by atoms with Crippen LogP contribution in [0, 0.1) is 18.6 Å². The maximum absolute atomic E-state index is 15.8. The third-order valence-corrected chi connectivity index (χ3v) is 11.0. The van der Waals surface area contributed by atoms with Crippen LogP contribution in [0.1, 0.15) is 31.7 Å². The van der Waals surface area contributed by atoms with Crippen molar-refractivity contribution in [2.75, 3.05) is 28.0 Å². The standard InChI is InChI=1S/C34H31ClF2N8O3S/c1-3-34(46)14-16-44(17-15-34)25-7-5-8-26-32(25)40-19-45(26)28-13-12-24-31(41-28)33(39-18-38-24)42-30-22(36)10-11-23(29(30)37)43-49(47,48)27-9-4-6-21(35)20(27)2/h4-13,18-19,43,46H,3,14-17H2,1-2H3,(H,38,39,42). The minimum Gasteiger partial charge on any atom is -0.390 e. The molecular formula is C34H31ClF2N8O3S. The highest BCUT2D eigenvalue weighted by molar-refractivity contribution is 7.92. The third-order valence-electron chi connectivity index (χ3n) is 9.05. The molecule has 252 valence electrons. The summed E-state index contributed by atoms with van der Waals surface area (Å²) in [6.45, 7) is 4.93. The van der Waals surface area contributed by atoms with E-state index in [0.717, 1.165) is 28.9 Å². The molecule has 0 saturated carbocycles. The normalized spacial score (nSPS) is 14.8. The van der Waals surface area contributed by atoms with Crippen molar-refractivity contribution in [1.82, 2.24) is 24.5 Å². The zero-order valence-corrected chi connectivity index (χ0v) is 28.0. The number of fused-ring (bicyclic) bond motifs is 2. The van der Waals surface area contributed by atoms with E-state index in [2.05, 4.69) is 24.9 Å². The predicted molar refractivity (Wildman–Crippen MR) is 185 cm³/mol. The van der Waals surface area contributed by atoms with E-state index < -0.39 is 38.6 Å². The van der Waals surface area contributed by atoms with Crippen molar-refractivity contribution < 1.29 is 22.3 Å². The van der Waals surface area contributed by atoms with Gasteiger partial charge in [-0.3, -0.25) is 9.29 Å².